The summed E-state index contributed by atoms with van der Waals surface area (Å²) in [6, 6.07) is 9.62. The van der Waals surface area contributed by atoms with Gasteiger partial charge in [-0.25, -0.2) is 4.79 Å². The fourth-order valence-corrected chi connectivity index (χ4v) is 3.87. The molecule has 1 aromatic rings. The van der Waals surface area contributed by atoms with Gasteiger partial charge in [-0.05, 0) is 43.1 Å². The van der Waals surface area contributed by atoms with Crippen molar-refractivity contribution < 1.29 is 19.4 Å². The molecule has 0 spiro atoms. The lowest BCUT2D eigenvalue weighted by atomic mass is 9.77. The number of carbonyl (C=O) groups excluding carboxylic acids is 1. The van der Waals surface area contributed by atoms with Crippen molar-refractivity contribution in [2.24, 2.45) is 17.8 Å². The van der Waals surface area contributed by atoms with E-state index in [0.29, 0.717) is 12.8 Å². The Labute approximate surface area is 129 Å². The first-order valence-electron chi connectivity index (χ1n) is 7.83. The lowest BCUT2D eigenvalue weighted by Gasteiger charge is -2.33. The largest absolute Gasteiger partial charge is 0.481 e. The fraction of sp³-hybridized carbons (Fsp3) is 0.529. The zero-order valence-electron chi connectivity index (χ0n) is 12.4. The molecule has 5 heteroatoms. The van der Waals surface area contributed by atoms with Crippen molar-refractivity contribution >= 4 is 12.1 Å². The Hall–Kier alpha value is -2.04. The van der Waals surface area contributed by atoms with Crippen LogP contribution in [0.4, 0.5) is 4.79 Å². The number of benzene rings is 1. The minimum Gasteiger partial charge on any atom is -0.481 e. The number of carbonyl (C=O) groups is 2. The van der Waals surface area contributed by atoms with Crippen LogP contribution in [0.1, 0.15) is 31.2 Å². The number of nitrogens with one attached hydrogen (secondary N) is 1. The van der Waals surface area contributed by atoms with Gasteiger partial charge in [-0.2, -0.15) is 0 Å². The predicted octanol–water partition coefficient (Wildman–Crippen LogP) is 2.80. The van der Waals surface area contributed by atoms with Crippen LogP contribution < -0.4 is 5.32 Å². The molecular weight excluding hydrogens is 282 g/mol. The van der Waals surface area contributed by atoms with Crippen molar-refractivity contribution in [1.82, 2.24) is 5.32 Å². The van der Waals surface area contributed by atoms with Gasteiger partial charge in [0.15, 0.2) is 0 Å². The Morgan fingerprint density at radius 3 is 2.36 bits per heavy atom. The first-order chi connectivity index (χ1) is 10.6. The summed E-state index contributed by atoms with van der Waals surface area (Å²) >= 11 is 0. The molecule has 2 N–H and O–H groups in total. The van der Waals surface area contributed by atoms with Crippen molar-refractivity contribution in [3.63, 3.8) is 0 Å². The molecule has 2 fully saturated rings. The Bertz CT molecular complexity index is 531. The number of carboxylic acids is 1. The summed E-state index contributed by atoms with van der Waals surface area (Å²) in [7, 11) is 0. The van der Waals surface area contributed by atoms with E-state index >= 15 is 0 Å². The van der Waals surface area contributed by atoms with Gasteiger partial charge in [0.05, 0.1) is 5.92 Å². The third kappa shape index (κ3) is 3.24. The zero-order chi connectivity index (χ0) is 15.5. The average Bonchev–Trinajstić information content (AvgIpc) is 2.75. The lowest BCUT2D eigenvalue weighted by molar-refractivity contribution is -0.143. The summed E-state index contributed by atoms with van der Waals surface area (Å²) in [6.45, 7) is 0.256. The second kappa shape index (κ2) is 6.38. The van der Waals surface area contributed by atoms with Gasteiger partial charge in [0.1, 0.15) is 6.61 Å². The quantitative estimate of drug-likeness (QED) is 0.897. The fourth-order valence-electron chi connectivity index (χ4n) is 3.87. The molecule has 0 aliphatic heterocycles. The van der Waals surface area contributed by atoms with Gasteiger partial charge in [0, 0.05) is 6.04 Å². The number of aliphatic carboxylic acids is 1. The number of hydrogen-bond donors (Lipinski definition) is 2. The number of amides is 1. The molecule has 2 saturated carbocycles. The molecule has 0 saturated heterocycles. The van der Waals surface area contributed by atoms with Gasteiger partial charge in [-0.15, -0.1) is 0 Å². The number of alkyl carbamates (subject to hydrolysis) is 1. The van der Waals surface area contributed by atoms with Gasteiger partial charge in [0.2, 0.25) is 0 Å². The van der Waals surface area contributed by atoms with Crippen molar-refractivity contribution in [2.75, 3.05) is 0 Å². The highest BCUT2D eigenvalue weighted by molar-refractivity contribution is 5.71. The molecule has 0 heterocycles. The van der Waals surface area contributed by atoms with Gasteiger partial charge in [0.25, 0.3) is 0 Å². The maximum absolute atomic E-state index is 12.0. The van der Waals surface area contributed by atoms with E-state index in [1.54, 1.807) is 0 Å². The van der Waals surface area contributed by atoms with Gasteiger partial charge < -0.3 is 15.2 Å². The molecule has 2 bridgehead atoms. The van der Waals surface area contributed by atoms with E-state index < -0.39 is 12.1 Å². The number of rotatable bonds is 4. The molecule has 5 nitrogen and oxygen atoms in total. The maximum atomic E-state index is 12.0. The highest BCUT2D eigenvalue weighted by Crippen LogP contribution is 2.45. The highest BCUT2D eigenvalue weighted by Gasteiger charge is 2.45. The second-order valence-electron chi connectivity index (χ2n) is 6.34. The summed E-state index contributed by atoms with van der Waals surface area (Å²) in [5.74, 6) is -0.425. The molecule has 3 rings (SSSR count). The molecule has 0 radical (unpaired) electrons. The van der Waals surface area contributed by atoms with Crippen LogP contribution in [0.3, 0.4) is 0 Å². The zero-order valence-corrected chi connectivity index (χ0v) is 12.4. The minimum atomic E-state index is -0.706. The molecule has 2 atom stereocenters. The Morgan fingerprint density at radius 2 is 1.77 bits per heavy atom. The molecular formula is C17H21NO4. The summed E-state index contributed by atoms with van der Waals surface area (Å²) in [6.07, 6.45) is 2.92. The summed E-state index contributed by atoms with van der Waals surface area (Å²) < 4.78 is 5.26. The number of ether oxygens (including phenoxy) is 1. The minimum absolute atomic E-state index is 0.0684. The van der Waals surface area contributed by atoms with Crippen LogP contribution >= 0.6 is 0 Å². The van der Waals surface area contributed by atoms with Crippen LogP contribution in [0.25, 0.3) is 0 Å². The molecule has 118 valence electrons. The van der Waals surface area contributed by atoms with E-state index in [-0.39, 0.29) is 30.4 Å². The van der Waals surface area contributed by atoms with E-state index in [9.17, 15) is 9.59 Å². The Balaban J connectivity index is 1.51. The predicted molar refractivity (Wildman–Crippen MR) is 80.1 cm³/mol. The first kappa shape index (κ1) is 14.9. The third-order valence-electron chi connectivity index (χ3n) is 4.95. The van der Waals surface area contributed by atoms with E-state index in [1.165, 1.54) is 0 Å². The van der Waals surface area contributed by atoms with Gasteiger partial charge in [-0.3, -0.25) is 4.79 Å². The summed E-state index contributed by atoms with van der Waals surface area (Å²) in [5, 5.41) is 12.1. The Morgan fingerprint density at radius 1 is 1.14 bits per heavy atom. The molecule has 1 amide bonds. The molecule has 2 unspecified atom stereocenters. The number of fused-ring (bicyclic) bond motifs is 2. The van der Waals surface area contributed by atoms with Crippen molar-refractivity contribution in [3.05, 3.63) is 35.9 Å². The summed E-state index contributed by atoms with van der Waals surface area (Å²) in [4.78, 5) is 23.1. The van der Waals surface area contributed by atoms with E-state index in [0.717, 1.165) is 18.4 Å². The number of carboxylic acid groups (broad SMARTS) is 1. The van der Waals surface area contributed by atoms with Gasteiger partial charge >= 0.3 is 12.1 Å². The third-order valence-corrected chi connectivity index (χ3v) is 4.95. The molecule has 0 aromatic heterocycles. The lowest BCUT2D eigenvalue weighted by Crippen LogP contribution is -2.46. The van der Waals surface area contributed by atoms with Crippen LogP contribution in [0.15, 0.2) is 30.3 Å². The highest BCUT2D eigenvalue weighted by atomic mass is 16.5. The smallest absolute Gasteiger partial charge is 0.407 e. The molecule has 2 aliphatic carbocycles. The SMILES string of the molecule is O=C(NC1C2CCC1CC(C(=O)O)C2)OCc1ccccc1. The first-order valence-corrected chi connectivity index (χ1v) is 7.83. The molecule has 22 heavy (non-hydrogen) atoms. The number of hydrogen-bond acceptors (Lipinski definition) is 3. The van der Waals surface area contributed by atoms with Crippen molar-refractivity contribution in [2.45, 2.75) is 38.3 Å². The van der Waals surface area contributed by atoms with Crippen LogP contribution in [0, 0.1) is 17.8 Å². The van der Waals surface area contributed by atoms with E-state index in [2.05, 4.69) is 5.32 Å². The molecule has 2 aliphatic rings. The van der Waals surface area contributed by atoms with Crippen LogP contribution in [-0.2, 0) is 16.1 Å². The van der Waals surface area contributed by atoms with E-state index in [1.807, 2.05) is 30.3 Å². The van der Waals surface area contributed by atoms with Crippen LogP contribution in [-0.4, -0.2) is 23.2 Å². The Kier molecular flexibility index (Phi) is 4.32. The average molecular weight is 303 g/mol. The summed E-state index contributed by atoms with van der Waals surface area (Å²) in [5.41, 5.74) is 0.954. The van der Waals surface area contributed by atoms with Gasteiger partial charge in [-0.1, -0.05) is 30.3 Å². The second-order valence-corrected chi connectivity index (χ2v) is 6.34. The van der Waals surface area contributed by atoms with Crippen molar-refractivity contribution in [1.29, 1.82) is 0 Å². The molecule has 1 aromatic carbocycles. The monoisotopic (exact) mass is 303 g/mol. The standard InChI is InChI=1S/C17H21NO4/c19-16(20)14-8-12-6-7-13(9-14)15(12)18-17(21)22-10-11-4-2-1-3-5-11/h1-5,12-15H,6-10H2,(H,18,21)(H,19,20). The normalized spacial score (nSPS) is 29.8. The van der Waals surface area contributed by atoms with Crippen LogP contribution in [0.2, 0.25) is 0 Å². The van der Waals surface area contributed by atoms with Crippen molar-refractivity contribution in [3.8, 4) is 0 Å². The van der Waals surface area contributed by atoms with E-state index in [4.69, 9.17) is 9.84 Å². The van der Waals surface area contributed by atoms with Crippen LogP contribution in [0.5, 0.6) is 0 Å². The maximum Gasteiger partial charge on any atom is 0.407 e. The topological polar surface area (TPSA) is 75.6 Å².